The van der Waals surface area contributed by atoms with E-state index in [1.807, 2.05) is 13.8 Å². The first-order chi connectivity index (χ1) is 6.41. The minimum Gasteiger partial charge on any atom is -0.0864 e. The van der Waals surface area contributed by atoms with Crippen LogP contribution >= 0.6 is 22.6 Å². The summed E-state index contributed by atoms with van der Waals surface area (Å²) >= 11 is 2.46. The van der Waals surface area contributed by atoms with E-state index in [4.69, 9.17) is 0 Å². The van der Waals surface area contributed by atoms with Crippen LogP contribution in [0.5, 0.6) is 0 Å². The molecule has 0 atom stereocenters. The molecule has 0 spiro atoms. The van der Waals surface area contributed by atoms with Gasteiger partial charge in [0.1, 0.15) is 0 Å². The van der Waals surface area contributed by atoms with Gasteiger partial charge < -0.3 is 0 Å². The van der Waals surface area contributed by atoms with E-state index in [0.717, 1.165) is 0 Å². The maximum Gasteiger partial charge on any atom is -0.000473 e. The molecular weight excluding hydrogens is 271 g/mol. The van der Waals surface area contributed by atoms with Gasteiger partial charge >= 0.3 is 0 Å². The van der Waals surface area contributed by atoms with Crippen molar-refractivity contribution in [2.75, 3.05) is 4.43 Å². The number of alkyl halides is 1. The van der Waals surface area contributed by atoms with Gasteiger partial charge in [-0.15, -0.1) is 0 Å². The molecule has 0 aromatic heterocycles. The summed E-state index contributed by atoms with van der Waals surface area (Å²) in [6, 6.07) is 0. The van der Waals surface area contributed by atoms with Gasteiger partial charge in [0, 0.05) is 0 Å². The number of halogens is 1. The van der Waals surface area contributed by atoms with Gasteiger partial charge in [0.15, 0.2) is 0 Å². The second-order valence-corrected chi connectivity index (χ2v) is 4.24. The van der Waals surface area contributed by atoms with Gasteiger partial charge in [0.25, 0.3) is 0 Å². The maximum atomic E-state index is 2.46. The number of hydrogen-bond acceptors (Lipinski definition) is 0. The van der Waals surface area contributed by atoms with Crippen molar-refractivity contribution in [3.8, 4) is 0 Å². The molecule has 0 heterocycles. The number of hydrogen-bond donors (Lipinski definition) is 0. The zero-order valence-corrected chi connectivity index (χ0v) is 11.9. The summed E-state index contributed by atoms with van der Waals surface area (Å²) in [5.74, 6) is 0. The first-order valence-corrected chi connectivity index (χ1v) is 7.50. The lowest BCUT2D eigenvalue weighted by Gasteiger charge is -1.98. The predicted molar refractivity (Wildman–Crippen MR) is 72.8 cm³/mol. The molecule has 13 heavy (non-hydrogen) atoms. The molecule has 0 saturated heterocycles. The molecule has 0 aromatic rings. The fraction of sp³-hybridized carbons (Fsp3) is 1.00. The zero-order chi connectivity index (χ0) is 10.4. The average Bonchev–Trinajstić information content (AvgIpc) is 2.20. The molecule has 0 aromatic carbocycles. The van der Waals surface area contributed by atoms with Crippen LogP contribution in [0.4, 0.5) is 0 Å². The Bertz CT molecular complexity index is 54.1. The van der Waals surface area contributed by atoms with Crippen molar-refractivity contribution >= 4 is 22.6 Å². The molecule has 0 unspecified atom stereocenters. The average molecular weight is 298 g/mol. The van der Waals surface area contributed by atoms with E-state index in [1.54, 1.807) is 0 Å². The highest BCUT2D eigenvalue weighted by atomic mass is 127. The van der Waals surface area contributed by atoms with Gasteiger partial charge in [0.05, 0.1) is 0 Å². The summed E-state index contributed by atoms with van der Waals surface area (Å²) < 4.78 is 1.34. The van der Waals surface area contributed by atoms with Crippen molar-refractivity contribution in [1.29, 1.82) is 0 Å². The Balaban J connectivity index is 0. The normalized spacial score (nSPS) is 9.23. The van der Waals surface area contributed by atoms with Crippen LogP contribution in [0.1, 0.15) is 72.1 Å². The molecule has 82 valence electrons. The van der Waals surface area contributed by atoms with Crippen LogP contribution < -0.4 is 0 Å². The van der Waals surface area contributed by atoms with E-state index in [1.165, 1.54) is 55.8 Å². The first-order valence-electron chi connectivity index (χ1n) is 5.97. The SMILES string of the molecule is CC.CCCCCCCCCCI. The topological polar surface area (TPSA) is 0 Å². The number of unbranched alkanes of at least 4 members (excludes halogenated alkanes) is 7. The molecule has 0 nitrogen and oxygen atoms in total. The Kier molecular flexibility index (Phi) is 23.0. The first kappa shape index (κ1) is 16.2. The third-order valence-electron chi connectivity index (χ3n) is 1.99. The quantitative estimate of drug-likeness (QED) is 0.311. The van der Waals surface area contributed by atoms with Crippen LogP contribution in [-0.4, -0.2) is 4.43 Å². The predicted octanol–water partition coefficient (Wildman–Crippen LogP) is 5.59. The van der Waals surface area contributed by atoms with Crippen molar-refractivity contribution in [1.82, 2.24) is 0 Å². The lowest BCUT2D eigenvalue weighted by Crippen LogP contribution is -1.80. The summed E-state index contributed by atoms with van der Waals surface area (Å²) in [6.45, 7) is 6.27. The Hall–Kier alpha value is 0.730. The Morgan fingerprint density at radius 1 is 0.692 bits per heavy atom. The third-order valence-corrected chi connectivity index (χ3v) is 2.75. The molecular formula is C12H27I. The molecule has 0 aliphatic rings. The third kappa shape index (κ3) is 19.2. The van der Waals surface area contributed by atoms with E-state index in [2.05, 4.69) is 29.5 Å². The summed E-state index contributed by atoms with van der Waals surface area (Å²) in [4.78, 5) is 0. The lowest BCUT2D eigenvalue weighted by atomic mass is 10.1. The molecule has 0 bridgehead atoms. The molecule has 0 fully saturated rings. The zero-order valence-electron chi connectivity index (χ0n) is 9.74. The van der Waals surface area contributed by atoms with Crippen molar-refractivity contribution in [2.24, 2.45) is 0 Å². The molecule has 0 rings (SSSR count). The standard InChI is InChI=1S/C10H21I.C2H6/c1-2-3-4-5-6-7-8-9-10-11;1-2/h2-10H2,1H3;1-2H3. The minimum absolute atomic E-state index is 1.34. The summed E-state index contributed by atoms with van der Waals surface area (Å²) in [5.41, 5.74) is 0. The largest absolute Gasteiger partial charge is 0.0864 e. The lowest BCUT2D eigenvalue weighted by molar-refractivity contribution is 0.587. The maximum absolute atomic E-state index is 2.46. The molecule has 0 radical (unpaired) electrons. The Labute approximate surface area is 99.0 Å². The van der Waals surface area contributed by atoms with Crippen molar-refractivity contribution in [2.45, 2.75) is 72.1 Å². The smallest absolute Gasteiger partial charge is 0.000473 e. The van der Waals surface area contributed by atoms with Crippen LogP contribution in [0.3, 0.4) is 0 Å². The van der Waals surface area contributed by atoms with Gasteiger partial charge in [-0.2, -0.15) is 0 Å². The second-order valence-electron chi connectivity index (χ2n) is 3.16. The summed E-state index contributed by atoms with van der Waals surface area (Å²) in [6.07, 6.45) is 11.5. The Morgan fingerprint density at radius 3 is 1.46 bits per heavy atom. The molecule has 0 N–H and O–H groups in total. The molecule has 1 heteroatoms. The van der Waals surface area contributed by atoms with Crippen LogP contribution in [-0.2, 0) is 0 Å². The van der Waals surface area contributed by atoms with E-state index >= 15 is 0 Å². The van der Waals surface area contributed by atoms with Crippen molar-refractivity contribution < 1.29 is 0 Å². The van der Waals surface area contributed by atoms with Gasteiger partial charge in [-0.3, -0.25) is 0 Å². The van der Waals surface area contributed by atoms with E-state index < -0.39 is 0 Å². The molecule has 0 aliphatic carbocycles. The van der Waals surface area contributed by atoms with E-state index in [0.29, 0.717) is 0 Å². The monoisotopic (exact) mass is 298 g/mol. The highest BCUT2D eigenvalue weighted by Gasteiger charge is 1.89. The Morgan fingerprint density at radius 2 is 1.08 bits per heavy atom. The second kappa shape index (κ2) is 18.5. The van der Waals surface area contributed by atoms with E-state index in [9.17, 15) is 0 Å². The molecule has 0 amide bonds. The van der Waals surface area contributed by atoms with Crippen molar-refractivity contribution in [3.63, 3.8) is 0 Å². The summed E-state index contributed by atoms with van der Waals surface area (Å²) in [7, 11) is 0. The van der Waals surface area contributed by atoms with Crippen LogP contribution in [0.25, 0.3) is 0 Å². The van der Waals surface area contributed by atoms with Crippen LogP contribution in [0.2, 0.25) is 0 Å². The van der Waals surface area contributed by atoms with Crippen molar-refractivity contribution in [3.05, 3.63) is 0 Å². The highest BCUT2D eigenvalue weighted by Crippen LogP contribution is 2.08. The van der Waals surface area contributed by atoms with Gasteiger partial charge in [0.2, 0.25) is 0 Å². The number of rotatable bonds is 8. The van der Waals surface area contributed by atoms with Crippen LogP contribution in [0, 0.1) is 0 Å². The summed E-state index contributed by atoms with van der Waals surface area (Å²) in [5, 5.41) is 0. The molecule has 0 aliphatic heterocycles. The van der Waals surface area contributed by atoms with Gasteiger partial charge in [-0.25, -0.2) is 0 Å². The fourth-order valence-electron chi connectivity index (χ4n) is 1.23. The van der Waals surface area contributed by atoms with E-state index in [-0.39, 0.29) is 0 Å². The van der Waals surface area contributed by atoms with Crippen LogP contribution in [0.15, 0.2) is 0 Å². The highest BCUT2D eigenvalue weighted by molar-refractivity contribution is 14.1. The van der Waals surface area contributed by atoms with Gasteiger partial charge in [-0.1, -0.05) is 88.3 Å². The van der Waals surface area contributed by atoms with Gasteiger partial charge in [-0.05, 0) is 10.8 Å². The molecule has 0 saturated carbocycles. The fourth-order valence-corrected chi connectivity index (χ4v) is 1.77. The minimum atomic E-state index is 1.34.